The number of hydrogen-bond acceptors (Lipinski definition) is 2. The van der Waals surface area contributed by atoms with Crippen molar-refractivity contribution in [1.29, 1.82) is 0 Å². The summed E-state index contributed by atoms with van der Waals surface area (Å²) in [5, 5.41) is 3.36. The third-order valence-corrected chi connectivity index (χ3v) is 4.38. The lowest BCUT2D eigenvalue weighted by atomic mass is 9.65. The van der Waals surface area contributed by atoms with Gasteiger partial charge in [-0.15, -0.1) is 0 Å². The normalized spacial score (nSPS) is 17.3. The van der Waals surface area contributed by atoms with Gasteiger partial charge in [0.25, 0.3) is 0 Å². The highest BCUT2D eigenvalue weighted by Gasteiger charge is 2.36. The van der Waals surface area contributed by atoms with Crippen molar-refractivity contribution in [2.24, 2.45) is 5.41 Å². The zero-order chi connectivity index (χ0) is 13.2. The minimum absolute atomic E-state index is 0.501. The highest BCUT2D eigenvalue weighted by Crippen LogP contribution is 2.44. The van der Waals surface area contributed by atoms with Crippen molar-refractivity contribution in [1.82, 2.24) is 5.32 Å². The fourth-order valence-corrected chi connectivity index (χ4v) is 3.13. The van der Waals surface area contributed by atoms with Gasteiger partial charge in [-0.3, -0.25) is 0 Å². The first kappa shape index (κ1) is 13.4. The molecule has 0 radical (unpaired) electrons. The van der Waals surface area contributed by atoms with E-state index in [0.29, 0.717) is 5.41 Å². The van der Waals surface area contributed by atoms with Gasteiger partial charge in [0.05, 0.1) is 7.11 Å². The van der Waals surface area contributed by atoms with Crippen LogP contribution in [0, 0.1) is 19.3 Å². The van der Waals surface area contributed by atoms with Crippen molar-refractivity contribution in [3.05, 3.63) is 28.8 Å². The Kier molecular flexibility index (Phi) is 3.96. The lowest BCUT2D eigenvalue weighted by molar-refractivity contribution is 0.133. The number of rotatable bonds is 5. The summed E-state index contributed by atoms with van der Waals surface area (Å²) >= 11 is 0. The zero-order valence-corrected chi connectivity index (χ0v) is 12.1. The van der Waals surface area contributed by atoms with Crippen LogP contribution < -0.4 is 10.1 Å². The summed E-state index contributed by atoms with van der Waals surface area (Å²) in [4.78, 5) is 0. The summed E-state index contributed by atoms with van der Waals surface area (Å²) in [5.74, 6) is 1.01. The Morgan fingerprint density at radius 1 is 1.22 bits per heavy atom. The van der Waals surface area contributed by atoms with Gasteiger partial charge < -0.3 is 10.1 Å². The highest BCUT2D eigenvalue weighted by molar-refractivity contribution is 5.42. The van der Waals surface area contributed by atoms with E-state index < -0.39 is 0 Å². The second-order valence-corrected chi connectivity index (χ2v) is 5.81. The molecule has 2 rings (SSSR count). The molecule has 0 aromatic heterocycles. The maximum absolute atomic E-state index is 5.39. The summed E-state index contributed by atoms with van der Waals surface area (Å²) in [6.45, 7) is 5.47. The Hall–Kier alpha value is -1.02. The topological polar surface area (TPSA) is 21.3 Å². The van der Waals surface area contributed by atoms with Crippen LogP contribution in [0.3, 0.4) is 0 Å². The smallest absolute Gasteiger partial charge is 0.122 e. The molecule has 2 heteroatoms. The van der Waals surface area contributed by atoms with Crippen molar-refractivity contribution >= 4 is 0 Å². The molecule has 1 aromatic rings. The number of aryl methyl sites for hydroxylation is 2. The molecule has 100 valence electrons. The quantitative estimate of drug-likeness (QED) is 0.862. The van der Waals surface area contributed by atoms with E-state index in [9.17, 15) is 0 Å². The van der Waals surface area contributed by atoms with Crippen LogP contribution in [-0.4, -0.2) is 20.7 Å². The molecule has 0 unspecified atom stereocenters. The molecule has 0 heterocycles. The Morgan fingerprint density at radius 2 is 1.94 bits per heavy atom. The van der Waals surface area contributed by atoms with E-state index in [1.54, 1.807) is 7.11 Å². The van der Waals surface area contributed by atoms with Crippen molar-refractivity contribution in [3.63, 3.8) is 0 Å². The molecule has 1 fully saturated rings. The van der Waals surface area contributed by atoms with E-state index in [1.165, 1.54) is 42.4 Å². The van der Waals surface area contributed by atoms with Gasteiger partial charge in [-0.2, -0.15) is 0 Å². The van der Waals surface area contributed by atoms with Crippen LogP contribution in [0.2, 0.25) is 0 Å². The summed E-state index contributed by atoms with van der Waals surface area (Å²) < 4.78 is 5.39. The molecule has 0 aliphatic heterocycles. The van der Waals surface area contributed by atoms with Crippen molar-refractivity contribution < 1.29 is 4.74 Å². The third-order valence-electron chi connectivity index (χ3n) is 4.38. The monoisotopic (exact) mass is 247 g/mol. The molecule has 0 bridgehead atoms. The van der Waals surface area contributed by atoms with Gasteiger partial charge in [-0.05, 0) is 68.3 Å². The van der Waals surface area contributed by atoms with Gasteiger partial charge in [-0.25, -0.2) is 0 Å². The molecule has 1 saturated carbocycles. The Bertz CT molecular complexity index is 421. The first-order valence-electron chi connectivity index (χ1n) is 6.89. The van der Waals surface area contributed by atoms with E-state index in [4.69, 9.17) is 4.74 Å². The molecule has 2 nitrogen and oxygen atoms in total. The molecule has 1 aromatic carbocycles. The SMILES string of the molecule is CNCC1(Cc2cc(C)c(OC)cc2C)CCC1. The van der Waals surface area contributed by atoms with Gasteiger partial charge in [-0.1, -0.05) is 12.5 Å². The van der Waals surface area contributed by atoms with Crippen LogP contribution >= 0.6 is 0 Å². The molecule has 0 saturated heterocycles. The largest absolute Gasteiger partial charge is 0.496 e. The van der Waals surface area contributed by atoms with Crippen LogP contribution in [-0.2, 0) is 6.42 Å². The Balaban J connectivity index is 2.21. The molecule has 0 amide bonds. The number of methoxy groups -OCH3 is 1. The van der Waals surface area contributed by atoms with Crippen molar-refractivity contribution in [2.75, 3.05) is 20.7 Å². The van der Waals surface area contributed by atoms with Crippen molar-refractivity contribution in [2.45, 2.75) is 39.5 Å². The standard InChI is InChI=1S/C16H25NO/c1-12-9-15(18-4)13(2)8-14(12)10-16(11-17-3)6-5-7-16/h8-9,17H,5-7,10-11H2,1-4H3. The minimum atomic E-state index is 0.501. The number of hydrogen-bond donors (Lipinski definition) is 1. The number of ether oxygens (including phenoxy) is 1. The molecule has 1 aliphatic rings. The average Bonchev–Trinajstić information content (AvgIpc) is 2.30. The van der Waals surface area contributed by atoms with Gasteiger partial charge in [0.2, 0.25) is 0 Å². The molecular weight excluding hydrogens is 222 g/mol. The van der Waals surface area contributed by atoms with E-state index in [1.807, 2.05) is 0 Å². The highest BCUT2D eigenvalue weighted by atomic mass is 16.5. The van der Waals surface area contributed by atoms with Crippen LogP contribution in [0.25, 0.3) is 0 Å². The fourth-order valence-electron chi connectivity index (χ4n) is 3.13. The Morgan fingerprint density at radius 3 is 2.44 bits per heavy atom. The first-order chi connectivity index (χ1) is 8.60. The fraction of sp³-hybridized carbons (Fsp3) is 0.625. The summed E-state index contributed by atoms with van der Waals surface area (Å²) in [6, 6.07) is 4.49. The van der Waals surface area contributed by atoms with Crippen LogP contribution in [0.4, 0.5) is 0 Å². The van der Waals surface area contributed by atoms with Gasteiger partial charge in [0, 0.05) is 6.54 Å². The predicted molar refractivity (Wildman–Crippen MR) is 76.4 cm³/mol. The van der Waals surface area contributed by atoms with Crippen LogP contribution in [0.1, 0.15) is 36.0 Å². The maximum Gasteiger partial charge on any atom is 0.122 e. The number of benzene rings is 1. The van der Waals surface area contributed by atoms with Crippen molar-refractivity contribution in [3.8, 4) is 5.75 Å². The van der Waals surface area contributed by atoms with E-state index in [0.717, 1.165) is 12.3 Å². The van der Waals surface area contributed by atoms with Crippen LogP contribution in [0.15, 0.2) is 12.1 Å². The Labute approximate surface area is 111 Å². The second kappa shape index (κ2) is 5.31. The van der Waals surface area contributed by atoms with E-state index >= 15 is 0 Å². The third kappa shape index (κ3) is 2.54. The first-order valence-corrected chi connectivity index (χ1v) is 6.89. The molecule has 1 aliphatic carbocycles. The lowest BCUT2D eigenvalue weighted by Gasteiger charge is -2.42. The second-order valence-electron chi connectivity index (χ2n) is 5.81. The molecule has 0 atom stereocenters. The zero-order valence-electron chi connectivity index (χ0n) is 12.1. The molecular formula is C16H25NO. The average molecular weight is 247 g/mol. The van der Waals surface area contributed by atoms with Gasteiger partial charge >= 0.3 is 0 Å². The predicted octanol–water partition coefficient (Wildman–Crippen LogP) is 3.24. The van der Waals surface area contributed by atoms with E-state index in [2.05, 4.69) is 38.3 Å². The van der Waals surface area contributed by atoms with Gasteiger partial charge in [0.15, 0.2) is 0 Å². The van der Waals surface area contributed by atoms with Crippen LogP contribution in [0.5, 0.6) is 5.75 Å². The molecule has 1 N–H and O–H groups in total. The van der Waals surface area contributed by atoms with Gasteiger partial charge in [0.1, 0.15) is 5.75 Å². The maximum atomic E-state index is 5.39. The summed E-state index contributed by atoms with van der Waals surface area (Å²) in [7, 11) is 3.81. The summed E-state index contributed by atoms with van der Waals surface area (Å²) in [6.07, 6.45) is 5.30. The molecule has 0 spiro atoms. The minimum Gasteiger partial charge on any atom is -0.496 e. The molecule has 18 heavy (non-hydrogen) atoms. The van der Waals surface area contributed by atoms with E-state index in [-0.39, 0.29) is 0 Å². The lowest BCUT2D eigenvalue weighted by Crippen LogP contribution is -2.40. The summed E-state index contributed by atoms with van der Waals surface area (Å²) in [5.41, 5.74) is 4.60. The number of nitrogens with one attached hydrogen (secondary N) is 1.